The molecule has 0 saturated heterocycles. The third-order valence-corrected chi connectivity index (χ3v) is 4.31. The summed E-state index contributed by atoms with van der Waals surface area (Å²) in [4.78, 5) is 0. The lowest BCUT2D eigenvalue weighted by atomic mass is 9.88. The van der Waals surface area contributed by atoms with Crippen molar-refractivity contribution in [2.45, 2.75) is 55.1 Å². The van der Waals surface area contributed by atoms with Crippen LogP contribution < -0.4 is 0 Å². The largest absolute Gasteiger partial charge is 0.385 e. The topological polar surface area (TPSA) is 0 Å². The second kappa shape index (κ2) is 6.69. The van der Waals surface area contributed by atoms with Crippen LogP contribution in [0, 0.1) is 0 Å². The fourth-order valence-corrected chi connectivity index (χ4v) is 2.56. The first-order valence-corrected chi connectivity index (χ1v) is 7.71. The van der Waals surface area contributed by atoms with Gasteiger partial charge in [-0.25, -0.2) is 4.39 Å². The molecule has 0 bridgehead atoms. The van der Waals surface area contributed by atoms with Crippen molar-refractivity contribution in [2.75, 3.05) is 0 Å². The van der Waals surface area contributed by atoms with Gasteiger partial charge in [-0.2, -0.15) is 64.0 Å². The van der Waals surface area contributed by atoms with Crippen LogP contribution in [0.25, 0.3) is 0 Å². The maximum atomic E-state index is 13.6. The van der Waals surface area contributed by atoms with Gasteiger partial charge in [0.2, 0.25) is 0 Å². The van der Waals surface area contributed by atoms with Crippen LogP contribution in [-0.2, 0) is 5.92 Å². The number of rotatable bonds is 8. The zero-order valence-electron chi connectivity index (χ0n) is 12.8. The Kier molecular flexibility index (Phi) is 5.91. The van der Waals surface area contributed by atoms with Crippen molar-refractivity contribution in [1.82, 2.24) is 0 Å². The van der Waals surface area contributed by atoms with Gasteiger partial charge in [-0.1, -0.05) is 6.92 Å². The first kappa shape index (κ1) is 23.8. The molecule has 0 spiro atoms. The summed E-state index contributed by atoms with van der Waals surface area (Å²) >= 11 is 0.254. The minimum Gasteiger partial charge on any atom is -0.241 e. The van der Waals surface area contributed by atoms with E-state index in [0.717, 1.165) is 0 Å². The first-order chi connectivity index (χ1) is 11.8. The van der Waals surface area contributed by atoms with Crippen molar-refractivity contribution in [3.63, 3.8) is 0 Å². The monoisotopic (exact) mass is 444 g/mol. The highest BCUT2D eigenvalue weighted by Crippen LogP contribution is 2.62. The molecule has 1 atom stereocenters. The standard InChI is InChI=1S/C13H9F13S/c1-2-7(14)9(17,18)11(21,22)13(25,26)12(23,24)10(19,20)8(15,16)6-3-4-27-5-6/h3-5,7H,2H2,1H3. The summed E-state index contributed by atoms with van der Waals surface area (Å²) in [5.41, 5.74) is -1.93. The van der Waals surface area contributed by atoms with Gasteiger partial charge in [0.25, 0.3) is 0 Å². The summed E-state index contributed by atoms with van der Waals surface area (Å²) < 4.78 is 175. The summed E-state index contributed by atoms with van der Waals surface area (Å²) in [6.45, 7) is 0.449. The van der Waals surface area contributed by atoms with E-state index in [9.17, 15) is 57.1 Å². The van der Waals surface area contributed by atoms with Gasteiger partial charge in [-0.05, 0) is 17.9 Å². The van der Waals surface area contributed by atoms with Crippen LogP contribution in [0.4, 0.5) is 57.1 Å². The summed E-state index contributed by atoms with van der Waals surface area (Å²) in [6, 6.07) is 0.119. The number of thiophene rings is 1. The maximum absolute atomic E-state index is 13.6. The molecule has 1 heterocycles. The van der Waals surface area contributed by atoms with Gasteiger partial charge >= 0.3 is 35.5 Å². The molecule has 1 unspecified atom stereocenters. The minimum atomic E-state index is -7.74. The van der Waals surface area contributed by atoms with Crippen LogP contribution in [0.15, 0.2) is 16.8 Å². The third kappa shape index (κ3) is 3.07. The zero-order chi connectivity index (χ0) is 21.7. The lowest BCUT2D eigenvalue weighted by Gasteiger charge is -2.41. The lowest BCUT2D eigenvalue weighted by molar-refractivity contribution is -0.431. The smallest absolute Gasteiger partial charge is 0.241 e. The molecule has 27 heavy (non-hydrogen) atoms. The number of alkyl halides is 13. The maximum Gasteiger partial charge on any atom is 0.385 e. The third-order valence-electron chi connectivity index (χ3n) is 3.63. The van der Waals surface area contributed by atoms with Crippen molar-refractivity contribution in [2.24, 2.45) is 0 Å². The van der Waals surface area contributed by atoms with E-state index in [-0.39, 0.29) is 22.8 Å². The van der Waals surface area contributed by atoms with E-state index < -0.39 is 53.7 Å². The van der Waals surface area contributed by atoms with Gasteiger partial charge in [-0.15, -0.1) is 0 Å². The van der Waals surface area contributed by atoms with Gasteiger partial charge in [0.1, 0.15) is 0 Å². The summed E-state index contributed by atoms with van der Waals surface area (Å²) in [7, 11) is 0. The zero-order valence-corrected chi connectivity index (χ0v) is 13.7. The molecule has 0 aliphatic carbocycles. The van der Waals surface area contributed by atoms with Crippen molar-refractivity contribution in [3.8, 4) is 0 Å². The van der Waals surface area contributed by atoms with E-state index >= 15 is 0 Å². The molecule has 0 aliphatic rings. The van der Waals surface area contributed by atoms with Crippen molar-refractivity contribution >= 4 is 11.3 Å². The highest BCUT2D eigenvalue weighted by Gasteiger charge is 2.90. The van der Waals surface area contributed by atoms with Crippen LogP contribution in [0.1, 0.15) is 18.9 Å². The molecule has 0 radical (unpaired) electrons. The van der Waals surface area contributed by atoms with E-state index in [2.05, 4.69) is 0 Å². The molecule has 1 aromatic rings. The molecular formula is C13H9F13S. The molecule has 0 aliphatic heterocycles. The van der Waals surface area contributed by atoms with E-state index in [1.165, 1.54) is 0 Å². The molecule has 1 aromatic heterocycles. The van der Waals surface area contributed by atoms with Crippen LogP contribution in [0.3, 0.4) is 0 Å². The Bertz CT molecular complexity index is 635. The van der Waals surface area contributed by atoms with Crippen molar-refractivity contribution in [3.05, 3.63) is 22.4 Å². The Morgan fingerprint density at radius 3 is 1.59 bits per heavy atom. The Labute approximate surface area is 147 Å². The van der Waals surface area contributed by atoms with Gasteiger partial charge in [0.05, 0.1) is 0 Å². The van der Waals surface area contributed by atoms with E-state index in [4.69, 9.17) is 0 Å². The fraction of sp³-hybridized carbons (Fsp3) is 0.692. The summed E-state index contributed by atoms with van der Waals surface area (Å²) in [6.07, 6.45) is -5.72. The number of halogens is 13. The van der Waals surface area contributed by atoms with Gasteiger partial charge < -0.3 is 0 Å². The van der Waals surface area contributed by atoms with Crippen LogP contribution >= 0.6 is 11.3 Å². The van der Waals surface area contributed by atoms with Gasteiger partial charge in [0.15, 0.2) is 6.17 Å². The second-order valence-electron chi connectivity index (χ2n) is 5.38. The Morgan fingerprint density at radius 1 is 0.778 bits per heavy atom. The number of hydrogen-bond donors (Lipinski definition) is 0. The Hall–Kier alpha value is -1.21. The van der Waals surface area contributed by atoms with Crippen molar-refractivity contribution < 1.29 is 57.1 Å². The Balaban J connectivity index is 3.54. The molecule has 1 rings (SSSR count). The minimum absolute atomic E-state index is 0.119. The van der Waals surface area contributed by atoms with Gasteiger partial charge in [-0.3, -0.25) is 0 Å². The highest BCUT2D eigenvalue weighted by molar-refractivity contribution is 7.08. The van der Waals surface area contributed by atoms with Gasteiger partial charge in [0, 0.05) is 10.9 Å². The first-order valence-electron chi connectivity index (χ1n) is 6.77. The van der Waals surface area contributed by atoms with E-state index in [0.29, 0.717) is 12.3 Å². The highest BCUT2D eigenvalue weighted by atomic mass is 32.1. The van der Waals surface area contributed by atoms with Crippen LogP contribution in [-0.4, -0.2) is 35.8 Å². The molecule has 0 aromatic carbocycles. The van der Waals surface area contributed by atoms with E-state index in [1.54, 1.807) is 0 Å². The summed E-state index contributed by atoms with van der Waals surface area (Å²) in [5, 5.41) is 0.802. The molecule has 0 fully saturated rings. The fourth-order valence-electron chi connectivity index (χ4n) is 1.88. The second-order valence-corrected chi connectivity index (χ2v) is 6.16. The predicted octanol–water partition coefficient (Wildman–Crippen LogP) is 6.76. The SMILES string of the molecule is CCC(F)C(F)(F)C(F)(F)C(F)(F)C(F)(F)C(F)(F)C(F)(F)c1ccsc1. The molecule has 0 nitrogen and oxygen atoms in total. The molecule has 14 heteroatoms. The Morgan fingerprint density at radius 2 is 1.22 bits per heavy atom. The quantitative estimate of drug-likeness (QED) is 0.389. The average molecular weight is 444 g/mol. The van der Waals surface area contributed by atoms with Crippen molar-refractivity contribution in [1.29, 1.82) is 0 Å². The predicted molar refractivity (Wildman–Crippen MR) is 68.1 cm³/mol. The molecule has 158 valence electrons. The average Bonchev–Trinajstić information content (AvgIpc) is 3.08. The van der Waals surface area contributed by atoms with E-state index in [1.807, 2.05) is 0 Å². The molecule has 0 amide bonds. The van der Waals surface area contributed by atoms with Crippen LogP contribution in [0.5, 0.6) is 0 Å². The molecule has 0 N–H and O–H groups in total. The summed E-state index contributed by atoms with van der Waals surface area (Å²) in [5.74, 6) is -42.8. The normalized spacial score (nSPS) is 16.5. The van der Waals surface area contributed by atoms with Crippen LogP contribution in [0.2, 0.25) is 0 Å². The molecule has 0 saturated carbocycles. The lowest BCUT2D eigenvalue weighted by Crippen LogP contribution is -2.71. The number of hydrogen-bond acceptors (Lipinski definition) is 1. The molecular weight excluding hydrogens is 435 g/mol.